The maximum atomic E-state index is 13.1. The molecule has 2 atom stereocenters. The van der Waals surface area contributed by atoms with E-state index in [-0.39, 0.29) is 11.9 Å². The molecule has 0 aromatic heterocycles. The quantitative estimate of drug-likeness (QED) is 0.937. The van der Waals surface area contributed by atoms with Gasteiger partial charge < -0.3 is 10.6 Å². The molecule has 1 fully saturated rings. The lowest BCUT2D eigenvalue weighted by Gasteiger charge is -2.35. The second-order valence-corrected chi connectivity index (χ2v) is 6.83. The van der Waals surface area contributed by atoms with Crippen LogP contribution < -0.4 is 5.73 Å². The largest absolute Gasteiger partial charge is 0.338 e. The number of likely N-dealkylation sites (tertiary alicyclic amines) is 1. The van der Waals surface area contributed by atoms with Crippen LogP contribution in [0, 0.1) is 5.92 Å². The molecule has 2 unspecified atom stereocenters. The molecule has 0 spiro atoms. The van der Waals surface area contributed by atoms with Crippen molar-refractivity contribution in [1.29, 1.82) is 0 Å². The molecule has 2 N–H and O–H groups in total. The number of piperidine rings is 1. The van der Waals surface area contributed by atoms with Crippen LogP contribution in [-0.2, 0) is 6.42 Å². The van der Waals surface area contributed by atoms with E-state index in [1.54, 1.807) is 0 Å². The van der Waals surface area contributed by atoms with Crippen molar-refractivity contribution in [1.82, 2.24) is 4.90 Å². The molecular formula is C21H26N2O. The van der Waals surface area contributed by atoms with E-state index in [1.807, 2.05) is 48.2 Å². The minimum Gasteiger partial charge on any atom is -0.338 e. The van der Waals surface area contributed by atoms with E-state index in [0.29, 0.717) is 5.92 Å². The van der Waals surface area contributed by atoms with E-state index in [9.17, 15) is 4.79 Å². The van der Waals surface area contributed by atoms with Crippen LogP contribution in [0.5, 0.6) is 0 Å². The van der Waals surface area contributed by atoms with Gasteiger partial charge in [-0.25, -0.2) is 0 Å². The summed E-state index contributed by atoms with van der Waals surface area (Å²) in [5.41, 5.74) is 9.21. The topological polar surface area (TPSA) is 46.3 Å². The summed E-state index contributed by atoms with van der Waals surface area (Å²) in [5, 5.41) is 0. The number of benzene rings is 2. The first-order valence-electron chi connectivity index (χ1n) is 8.82. The van der Waals surface area contributed by atoms with Gasteiger partial charge in [-0.05, 0) is 49.3 Å². The summed E-state index contributed by atoms with van der Waals surface area (Å²) in [6, 6.07) is 18.4. The first-order chi connectivity index (χ1) is 11.6. The number of nitrogens with zero attached hydrogens (tertiary/aromatic N) is 1. The van der Waals surface area contributed by atoms with Crippen molar-refractivity contribution >= 4 is 5.91 Å². The van der Waals surface area contributed by atoms with Crippen LogP contribution in [0.1, 0.15) is 41.3 Å². The van der Waals surface area contributed by atoms with Gasteiger partial charge in [-0.3, -0.25) is 4.79 Å². The van der Waals surface area contributed by atoms with Gasteiger partial charge in [-0.1, -0.05) is 48.5 Å². The van der Waals surface area contributed by atoms with Crippen molar-refractivity contribution in [3.05, 3.63) is 71.3 Å². The standard InChI is InChI=1S/C21H26N2O/c1-16(22)19-11-7-13-23(15-19)21(24)20-12-6-5-10-18(20)14-17-8-3-2-4-9-17/h2-6,8-10,12,16,19H,7,11,13-15,22H2,1H3. The molecule has 24 heavy (non-hydrogen) atoms. The summed E-state index contributed by atoms with van der Waals surface area (Å²) < 4.78 is 0. The van der Waals surface area contributed by atoms with E-state index in [2.05, 4.69) is 18.2 Å². The predicted molar refractivity (Wildman–Crippen MR) is 98.0 cm³/mol. The molecule has 0 radical (unpaired) electrons. The Morgan fingerprint density at radius 3 is 2.62 bits per heavy atom. The van der Waals surface area contributed by atoms with Crippen molar-refractivity contribution in [3.63, 3.8) is 0 Å². The SMILES string of the molecule is CC(N)C1CCCN(C(=O)c2ccccc2Cc2ccccc2)C1. The molecule has 1 amide bonds. The van der Waals surface area contributed by atoms with Crippen LogP contribution in [0.4, 0.5) is 0 Å². The summed E-state index contributed by atoms with van der Waals surface area (Å²) in [6.45, 7) is 3.65. The molecule has 3 nitrogen and oxygen atoms in total. The number of hydrogen-bond acceptors (Lipinski definition) is 2. The molecule has 0 bridgehead atoms. The Balaban J connectivity index is 1.80. The second-order valence-electron chi connectivity index (χ2n) is 6.83. The van der Waals surface area contributed by atoms with Gasteiger partial charge in [0.2, 0.25) is 0 Å². The van der Waals surface area contributed by atoms with Crippen LogP contribution in [0.2, 0.25) is 0 Å². The summed E-state index contributed by atoms with van der Waals surface area (Å²) in [7, 11) is 0. The number of carbonyl (C=O) groups is 1. The van der Waals surface area contributed by atoms with Crippen LogP contribution in [-0.4, -0.2) is 29.9 Å². The molecule has 3 rings (SSSR count). The van der Waals surface area contributed by atoms with Gasteiger partial charge in [0.25, 0.3) is 5.91 Å². The van der Waals surface area contributed by atoms with Gasteiger partial charge in [0, 0.05) is 24.7 Å². The van der Waals surface area contributed by atoms with Crippen molar-refractivity contribution < 1.29 is 4.79 Å². The number of rotatable bonds is 4. The van der Waals surface area contributed by atoms with E-state index in [1.165, 1.54) is 5.56 Å². The molecule has 1 saturated heterocycles. The highest BCUT2D eigenvalue weighted by Gasteiger charge is 2.27. The minimum atomic E-state index is 0.139. The Hall–Kier alpha value is -2.13. The molecule has 126 valence electrons. The zero-order valence-electron chi connectivity index (χ0n) is 14.3. The number of amides is 1. The average Bonchev–Trinajstić information content (AvgIpc) is 2.62. The number of carbonyl (C=O) groups excluding carboxylic acids is 1. The summed E-state index contributed by atoms with van der Waals surface area (Å²) >= 11 is 0. The van der Waals surface area contributed by atoms with Gasteiger partial charge >= 0.3 is 0 Å². The van der Waals surface area contributed by atoms with Crippen LogP contribution >= 0.6 is 0 Å². The number of hydrogen-bond donors (Lipinski definition) is 1. The molecule has 1 aliphatic heterocycles. The smallest absolute Gasteiger partial charge is 0.254 e. The first-order valence-corrected chi connectivity index (χ1v) is 8.82. The van der Waals surface area contributed by atoms with Crippen molar-refractivity contribution in [3.8, 4) is 0 Å². The summed E-state index contributed by atoms with van der Waals surface area (Å²) in [4.78, 5) is 15.1. The Bertz CT molecular complexity index is 681. The highest BCUT2D eigenvalue weighted by atomic mass is 16.2. The molecule has 0 aliphatic carbocycles. The van der Waals surface area contributed by atoms with Crippen LogP contribution in [0.15, 0.2) is 54.6 Å². The fourth-order valence-corrected chi connectivity index (χ4v) is 3.49. The molecule has 1 aliphatic rings. The molecular weight excluding hydrogens is 296 g/mol. The van der Waals surface area contributed by atoms with Gasteiger partial charge in [0.15, 0.2) is 0 Å². The Kier molecular flexibility index (Phi) is 5.31. The lowest BCUT2D eigenvalue weighted by Crippen LogP contribution is -2.45. The Morgan fingerprint density at radius 2 is 1.88 bits per heavy atom. The second kappa shape index (κ2) is 7.63. The first kappa shape index (κ1) is 16.7. The summed E-state index contributed by atoms with van der Waals surface area (Å²) in [5.74, 6) is 0.552. The predicted octanol–water partition coefficient (Wildman–Crippen LogP) is 3.48. The molecule has 2 aromatic carbocycles. The maximum absolute atomic E-state index is 13.1. The van der Waals surface area contributed by atoms with E-state index in [4.69, 9.17) is 5.73 Å². The van der Waals surface area contributed by atoms with E-state index < -0.39 is 0 Å². The van der Waals surface area contributed by atoms with Gasteiger partial charge in [-0.2, -0.15) is 0 Å². The third kappa shape index (κ3) is 3.85. The molecule has 1 heterocycles. The third-order valence-corrected chi connectivity index (χ3v) is 4.97. The van der Waals surface area contributed by atoms with Crippen LogP contribution in [0.3, 0.4) is 0 Å². The number of nitrogens with two attached hydrogens (primary N) is 1. The van der Waals surface area contributed by atoms with Gasteiger partial charge in [0.05, 0.1) is 0 Å². The van der Waals surface area contributed by atoms with E-state index >= 15 is 0 Å². The fourth-order valence-electron chi connectivity index (χ4n) is 3.49. The lowest BCUT2D eigenvalue weighted by atomic mass is 9.91. The summed E-state index contributed by atoms with van der Waals surface area (Å²) in [6.07, 6.45) is 2.94. The molecule has 3 heteroatoms. The monoisotopic (exact) mass is 322 g/mol. The average molecular weight is 322 g/mol. The lowest BCUT2D eigenvalue weighted by molar-refractivity contribution is 0.0660. The molecule has 0 saturated carbocycles. The van der Waals surface area contributed by atoms with Gasteiger partial charge in [0.1, 0.15) is 0 Å². The van der Waals surface area contributed by atoms with Crippen molar-refractivity contribution in [2.75, 3.05) is 13.1 Å². The highest BCUT2D eigenvalue weighted by molar-refractivity contribution is 5.95. The minimum absolute atomic E-state index is 0.139. The zero-order chi connectivity index (χ0) is 16.9. The van der Waals surface area contributed by atoms with Crippen LogP contribution in [0.25, 0.3) is 0 Å². The Morgan fingerprint density at radius 1 is 1.17 bits per heavy atom. The van der Waals surface area contributed by atoms with E-state index in [0.717, 1.165) is 43.5 Å². The molecule has 2 aromatic rings. The normalized spacial score (nSPS) is 19.1. The maximum Gasteiger partial charge on any atom is 0.254 e. The highest BCUT2D eigenvalue weighted by Crippen LogP contribution is 2.22. The van der Waals surface area contributed by atoms with Crippen molar-refractivity contribution in [2.24, 2.45) is 11.7 Å². The zero-order valence-corrected chi connectivity index (χ0v) is 14.3. The third-order valence-electron chi connectivity index (χ3n) is 4.97. The Labute approximate surface area is 144 Å². The van der Waals surface area contributed by atoms with Gasteiger partial charge in [-0.15, -0.1) is 0 Å². The van der Waals surface area contributed by atoms with Crippen molar-refractivity contribution in [2.45, 2.75) is 32.2 Å². The fraction of sp³-hybridized carbons (Fsp3) is 0.381.